The number of halogens is 1. The van der Waals surface area contributed by atoms with Gasteiger partial charge in [0.1, 0.15) is 0 Å². The SMILES string of the molecule is O=C1C=C(Br)C(=O)C(CCCCCCCCCO)=C1. The first-order chi connectivity index (χ1) is 9.15. The van der Waals surface area contributed by atoms with Crippen molar-refractivity contribution in [1.29, 1.82) is 0 Å². The molecule has 1 aliphatic carbocycles. The predicted molar refractivity (Wildman–Crippen MR) is 79.1 cm³/mol. The maximum atomic E-state index is 11.7. The first-order valence-electron chi connectivity index (χ1n) is 6.92. The van der Waals surface area contributed by atoms with E-state index >= 15 is 0 Å². The Kier molecular flexibility index (Phi) is 7.91. The van der Waals surface area contributed by atoms with Crippen LogP contribution in [0.1, 0.15) is 51.4 Å². The second-order valence-electron chi connectivity index (χ2n) is 4.84. The number of rotatable bonds is 9. The lowest BCUT2D eigenvalue weighted by atomic mass is 9.97. The number of aliphatic hydroxyl groups is 1. The van der Waals surface area contributed by atoms with Crippen LogP contribution in [-0.2, 0) is 9.59 Å². The summed E-state index contributed by atoms with van der Waals surface area (Å²) < 4.78 is 0.374. The van der Waals surface area contributed by atoms with E-state index in [0.717, 1.165) is 38.5 Å². The Morgan fingerprint density at radius 1 is 0.895 bits per heavy atom. The van der Waals surface area contributed by atoms with Crippen LogP contribution < -0.4 is 0 Å². The molecular formula is C15H21BrO3. The molecule has 0 unspecified atom stereocenters. The quantitative estimate of drug-likeness (QED) is 0.521. The van der Waals surface area contributed by atoms with E-state index in [1.807, 2.05) is 0 Å². The number of ketones is 2. The first-order valence-corrected chi connectivity index (χ1v) is 7.71. The molecule has 106 valence electrons. The molecule has 0 amide bonds. The largest absolute Gasteiger partial charge is 0.396 e. The summed E-state index contributed by atoms with van der Waals surface area (Å²) in [5, 5.41) is 8.64. The average molecular weight is 329 g/mol. The second kappa shape index (κ2) is 9.21. The molecule has 4 heteroatoms. The molecule has 0 aromatic rings. The highest BCUT2D eigenvalue weighted by molar-refractivity contribution is 9.12. The molecule has 0 atom stereocenters. The van der Waals surface area contributed by atoms with Crippen molar-refractivity contribution in [3.05, 3.63) is 22.2 Å². The van der Waals surface area contributed by atoms with E-state index in [1.165, 1.54) is 18.6 Å². The van der Waals surface area contributed by atoms with Gasteiger partial charge in [0.05, 0.1) is 4.48 Å². The third kappa shape index (κ3) is 6.30. The third-order valence-corrected chi connectivity index (χ3v) is 3.79. The molecule has 0 saturated carbocycles. The number of unbranched alkanes of at least 4 members (excludes halogenated alkanes) is 6. The summed E-state index contributed by atoms with van der Waals surface area (Å²) in [6.07, 6.45) is 11.0. The van der Waals surface area contributed by atoms with Crippen LogP contribution in [0.5, 0.6) is 0 Å². The standard InChI is InChI=1S/C15H21BrO3/c16-14-11-13(18)10-12(15(14)19)8-6-4-2-1-3-5-7-9-17/h10-11,17H,1-9H2. The van der Waals surface area contributed by atoms with Crippen molar-refractivity contribution in [3.8, 4) is 0 Å². The summed E-state index contributed by atoms with van der Waals surface area (Å²) in [6.45, 7) is 0.284. The van der Waals surface area contributed by atoms with E-state index in [1.54, 1.807) is 0 Å². The highest BCUT2D eigenvalue weighted by Crippen LogP contribution is 2.22. The highest BCUT2D eigenvalue weighted by Gasteiger charge is 2.18. The number of Topliss-reactive ketones (excluding diaryl/α,β-unsaturated/α-hetero) is 1. The Morgan fingerprint density at radius 2 is 1.47 bits per heavy atom. The van der Waals surface area contributed by atoms with Gasteiger partial charge < -0.3 is 5.11 Å². The van der Waals surface area contributed by atoms with Gasteiger partial charge in [0.15, 0.2) is 11.6 Å². The van der Waals surface area contributed by atoms with Gasteiger partial charge in [0.2, 0.25) is 0 Å². The molecule has 0 saturated heterocycles. The van der Waals surface area contributed by atoms with Crippen molar-refractivity contribution in [2.24, 2.45) is 0 Å². The summed E-state index contributed by atoms with van der Waals surface area (Å²) in [4.78, 5) is 23.1. The molecule has 0 bridgehead atoms. The molecule has 1 N–H and O–H groups in total. The highest BCUT2D eigenvalue weighted by atomic mass is 79.9. The van der Waals surface area contributed by atoms with E-state index < -0.39 is 0 Å². The normalized spacial score (nSPS) is 15.5. The first kappa shape index (κ1) is 16.3. The van der Waals surface area contributed by atoms with Crippen LogP contribution in [0.15, 0.2) is 22.2 Å². The molecule has 3 nitrogen and oxygen atoms in total. The molecule has 0 spiro atoms. The minimum atomic E-state index is -0.106. The molecule has 0 fully saturated rings. The lowest BCUT2D eigenvalue weighted by molar-refractivity contribution is -0.114. The fourth-order valence-electron chi connectivity index (χ4n) is 2.12. The van der Waals surface area contributed by atoms with E-state index in [2.05, 4.69) is 15.9 Å². The van der Waals surface area contributed by atoms with Crippen molar-refractivity contribution < 1.29 is 14.7 Å². The van der Waals surface area contributed by atoms with E-state index in [4.69, 9.17) is 5.11 Å². The summed E-state index contributed by atoms with van der Waals surface area (Å²) in [6, 6.07) is 0. The fourth-order valence-corrected chi connectivity index (χ4v) is 2.60. The predicted octanol–water partition coefficient (Wildman–Crippen LogP) is 3.46. The van der Waals surface area contributed by atoms with Gasteiger partial charge in [0, 0.05) is 18.3 Å². The Balaban J connectivity index is 2.13. The lowest BCUT2D eigenvalue weighted by Crippen LogP contribution is -2.11. The number of hydrogen-bond donors (Lipinski definition) is 1. The molecule has 19 heavy (non-hydrogen) atoms. The maximum Gasteiger partial charge on any atom is 0.196 e. The van der Waals surface area contributed by atoms with Gasteiger partial charge in [-0.2, -0.15) is 0 Å². The van der Waals surface area contributed by atoms with Crippen molar-refractivity contribution >= 4 is 27.5 Å². The number of carbonyl (C=O) groups excluding carboxylic acids is 2. The Morgan fingerprint density at radius 3 is 2.11 bits per heavy atom. The Hall–Kier alpha value is -0.740. The maximum absolute atomic E-state index is 11.7. The van der Waals surface area contributed by atoms with Crippen LogP contribution in [0.4, 0.5) is 0 Å². The third-order valence-electron chi connectivity index (χ3n) is 3.20. The zero-order chi connectivity index (χ0) is 14.1. The van der Waals surface area contributed by atoms with Crippen LogP contribution in [-0.4, -0.2) is 23.3 Å². The zero-order valence-corrected chi connectivity index (χ0v) is 12.7. The van der Waals surface area contributed by atoms with Gasteiger partial charge in [-0.25, -0.2) is 0 Å². The lowest BCUT2D eigenvalue weighted by Gasteiger charge is -2.09. The molecule has 0 heterocycles. The van der Waals surface area contributed by atoms with E-state index in [9.17, 15) is 9.59 Å². The van der Waals surface area contributed by atoms with Crippen molar-refractivity contribution in [3.63, 3.8) is 0 Å². The number of aliphatic hydroxyl groups excluding tert-OH is 1. The molecule has 0 aromatic heterocycles. The number of allylic oxidation sites excluding steroid dienone is 4. The van der Waals surface area contributed by atoms with Crippen molar-refractivity contribution in [2.75, 3.05) is 6.61 Å². The molecule has 0 radical (unpaired) electrons. The molecule has 1 rings (SSSR count). The number of carbonyl (C=O) groups is 2. The van der Waals surface area contributed by atoms with Crippen LogP contribution in [0, 0.1) is 0 Å². The van der Waals surface area contributed by atoms with Gasteiger partial charge in [-0.3, -0.25) is 9.59 Å². The van der Waals surface area contributed by atoms with E-state index in [0.29, 0.717) is 16.5 Å². The molecule has 0 aliphatic heterocycles. The molecule has 1 aliphatic rings. The van der Waals surface area contributed by atoms with Gasteiger partial charge in [-0.1, -0.05) is 32.1 Å². The second-order valence-corrected chi connectivity index (χ2v) is 5.70. The smallest absolute Gasteiger partial charge is 0.196 e. The topological polar surface area (TPSA) is 54.4 Å². The summed E-state index contributed by atoms with van der Waals surface area (Å²) >= 11 is 3.12. The average Bonchev–Trinajstić information content (AvgIpc) is 2.38. The van der Waals surface area contributed by atoms with Gasteiger partial charge in [-0.05, 0) is 41.3 Å². The van der Waals surface area contributed by atoms with E-state index in [-0.39, 0.29) is 18.2 Å². The van der Waals surface area contributed by atoms with Crippen LogP contribution in [0.3, 0.4) is 0 Å². The minimum absolute atomic E-state index is 0.0532. The van der Waals surface area contributed by atoms with Crippen LogP contribution >= 0.6 is 15.9 Å². The fraction of sp³-hybridized carbons (Fsp3) is 0.600. The molecule has 0 aromatic carbocycles. The summed E-state index contributed by atoms with van der Waals surface area (Å²) in [5.41, 5.74) is 0.625. The minimum Gasteiger partial charge on any atom is -0.396 e. The Bertz CT molecular complexity index is 383. The van der Waals surface area contributed by atoms with Crippen LogP contribution in [0.2, 0.25) is 0 Å². The summed E-state index contributed by atoms with van der Waals surface area (Å²) in [5.74, 6) is -0.159. The van der Waals surface area contributed by atoms with Crippen molar-refractivity contribution in [1.82, 2.24) is 0 Å². The number of hydrogen-bond acceptors (Lipinski definition) is 3. The van der Waals surface area contributed by atoms with Crippen molar-refractivity contribution in [2.45, 2.75) is 51.4 Å². The van der Waals surface area contributed by atoms with Gasteiger partial charge in [0.25, 0.3) is 0 Å². The summed E-state index contributed by atoms with van der Waals surface area (Å²) in [7, 11) is 0. The van der Waals surface area contributed by atoms with Crippen LogP contribution in [0.25, 0.3) is 0 Å². The monoisotopic (exact) mass is 328 g/mol. The van der Waals surface area contributed by atoms with Gasteiger partial charge in [-0.15, -0.1) is 0 Å². The van der Waals surface area contributed by atoms with Gasteiger partial charge >= 0.3 is 0 Å². The zero-order valence-electron chi connectivity index (χ0n) is 11.2. The molecular weight excluding hydrogens is 308 g/mol. The Labute approximate surface area is 122 Å².